The number of amides is 1. The van der Waals surface area contributed by atoms with Crippen molar-refractivity contribution in [2.45, 2.75) is 50.9 Å². The molecule has 1 fully saturated rings. The van der Waals surface area contributed by atoms with Crippen molar-refractivity contribution < 1.29 is 9.53 Å². The van der Waals surface area contributed by atoms with Crippen LogP contribution in [0.4, 0.5) is 5.69 Å². The van der Waals surface area contributed by atoms with Crippen LogP contribution in [-0.4, -0.2) is 30.4 Å². The number of carbonyl (C=O) groups is 1. The molecule has 206 valence electrons. The van der Waals surface area contributed by atoms with E-state index in [1.54, 1.807) is 0 Å². The maximum atomic E-state index is 12.6. The van der Waals surface area contributed by atoms with E-state index in [4.69, 9.17) is 4.74 Å². The van der Waals surface area contributed by atoms with E-state index in [0.29, 0.717) is 12.3 Å². The van der Waals surface area contributed by atoms with Crippen molar-refractivity contribution in [2.24, 2.45) is 0 Å². The smallest absolute Gasteiger partial charge is 0.224 e. The summed E-state index contributed by atoms with van der Waals surface area (Å²) in [5, 5.41) is 3.15. The predicted octanol–water partition coefficient (Wildman–Crippen LogP) is 8.45. The van der Waals surface area contributed by atoms with Gasteiger partial charge in [-0.3, -0.25) is 4.79 Å². The first-order valence-electron chi connectivity index (χ1n) is 14.7. The minimum absolute atomic E-state index is 0.113. The first-order chi connectivity index (χ1) is 19.7. The molecule has 0 saturated carbocycles. The molecule has 1 heterocycles. The average Bonchev–Trinajstić information content (AvgIpc) is 3.00. The van der Waals surface area contributed by atoms with Crippen LogP contribution >= 0.6 is 0 Å². The van der Waals surface area contributed by atoms with Gasteiger partial charge >= 0.3 is 0 Å². The molecule has 0 unspecified atom stereocenters. The highest BCUT2D eigenvalue weighted by Crippen LogP contribution is 2.30. The number of rotatable bonds is 12. The van der Waals surface area contributed by atoms with Crippen LogP contribution in [0.25, 0.3) is 0 Å². The Hall–Kier alpha value is -3.89. The zero-order valence-corrected chi connectivity index (χ0v) is 23.3. The summed E-state index contributed by atoms with van der Waals surface area (Å²) in [5.74, 6) is 2.49. The highest BCUT2D eigenvalue weighted by molar-refractivity contribution is 5.91. The van der Waals surface area contributed by atoms with E-state index in [2.05, 4.69) is 64.8 Å². The van der Waals surface area contributed by atoms with Gasteiger partial charge in [-0.15, -0.1) is 0 Å². The lowest BCUT2D eigenvalue weighted by Gasteiger charge is -2.32. The van der Waals surface area contributed by atoms with E-state index >= 15 is 0 Å². The quantitative estimate of drug-likeness (QED) is 0.186. The van der Waals surface area contributed by atoms with E-state index in [-0.39, 0.29) is 5.91 Å². The van der Waals surface area contributed by atoms with E-state index in [1.807, 2.05) is 54.6 Å². The molecule has 1 aliphatic rings. The molecular weight excluding hydrogens is 492 g/mol. The Morgan fingerprint density at radius 2 is 1.38 bits per heavy atom. The number of ether oxygens (including phenoxy) is 1. The zero-order chi connectivity index (χ0) is 27.4. The molecule has 4 aromatic carbocycles. The number of para-hydroxylation sites is 2. The number of nitrogens with one attached hydrogen (secondary N) is 1. The fourth-order valence-corrected chi connectivity index (χ4v) is 5.55. The molecule has 0 aromatic heterocycles. The summed E-state index contributed by atoms with van der Waals surface area (Å²) >= 11 is 0. The maximum absolute atomic E-state index is 12.6. The lowest BCUT2D eigenvalue weighted by Crippen LogP contribution is -2.33. The molecule has 40 heavy (non-hydrogen) atoms. The topological polar surface area (TPSA) is 41.6 Å². The summed E-state index contributed by atoms with van der Waals surface area (Å²) in [4.78, 5) is 15.2. The normalized spacial score (nSPS) is 14.1. The second kappa shape index (κ2) is 14.5. The SMILES string of the molecule is O=C(CCCCCN1CCC(c2ccc(Oc3ccccc3)cc2)CC1)Nc1ccccc1Cc1ccccc1. The number of unbranched alkanes of at least 4 members (excludes halogenated alkanes) is 2. The maximum Gasteiger partial charge on any atom is 0.224 e. The van der Waals surface area contributed by atoms with Gasteiger partial charge in [-0.2, -0.15) is 0 Å². The van der Waals surface area contributed by atoms with Crippen molar-refractivity contribution in [3.05, 3.63) is 126 Å². The standard InChI is InChI=1S/C36H40N2O2/c39-36(37-35-17-10-9-14-32(35)28-29-12-4-1-5-13-29)18-8-3-11-25-38-26-23-31(24-27-38)30-19-21-34(22-20-30)40-33-15-6-2-7-16-33/h1-2,4-7,9-10,12-17,19-22,31H,3,8,11,18,23-28H2,(H,37,39). The minimum atomic E-state index is 0.113. The first-order valence-corrected chi connectivity index (χ1v) is 14.7. The Morgan fingerprint density at radius 3 is 2.12 bits per heavy atom. The van der Waals surface area contributed by atoms with E-state index in [0.717, 1.165) is 68.1 Å². The van der Waals surface area contributed by atoms with Gasteiger partial charge in [-0.25, -0.2) is 0 Å². The van der Waals surface area contributed by atoms with Crippen molar-refractivity contribution in [2.75, 3.05) is 25.0 Å². The molecule has 1 amide bonds. The molecule has 1 saturated heterocycles. The van der Waals surface area contributed by atoms with Crippen molar-refractivity contribution in [1.82, 2.24) is 4.90 Å². The van der Waals surface area contributed by atoms with Gasteiger partial charge in [-0.05, 0) is 105 Å². The van der Waals surface area contributed by atoms with Crippen LogP contribution in [0.1, 0.15) is 61.1 Å². The van der Waals surface area contributed by atoms with Crippen LogP contribution in [0, 0.1) is 0 Å². The monoisotopic (exact) mass is 532 g/mol. The van der Waals surface area contributed by atoms with Gasteiger partial charge in [0.05, 0.1) is 0 Å². The Kier molecular flexibility index (Phi) is 10.0. The number of carbonyl (C=O) groups excluding carboxylic acids is 1. The highest BCUT2D eigenvalue weighted by atomic mass is 16.5. The number of likely N-dealkylation sites (tertiary alicyclic amines) is 1. The van der Waals surface area contributed by atoms with Gasteiger partial charge in [0.1, 0.15) is 11.5 Å². The molecule has 5 rings (SSSR count). The van der Waals surface area contributed by atoms with Crippen LogP contribution in [0.5, 0.6) is 11.5 Å². The molecule has 0 aliphatic carbocycles. The van der Waals surface area contributed by atoms with Crippen molar-refractivity contribution in [1.29, 1.82) is 0 Å². The van der Waals surface area contributed by atoms with Crippen molar-refractivity contribution in [3.8, 4) is 11.5 Å². The van der Waals surface area contributed by atoms with Gasteiger partial charge in [0, 0.05) is 12.1 Å². The largest absolute Gasteiger partial charge is 0.457 e. The molecule has 0 bridgehead atoms. The second-order valence-electron chi connectivity index (χ2n) is 10.8. The van der Waals surface area contributed by atoms with Crippen LogP contribution in [0.15, 0.2) is 109 Å². The van der Waals surface area contributed by atoms with Gasteiger partial charge in [0.2, 0.25) is 5.91 Å². The van der Waals surface area contributed by atoms with E-state index in [9.17, 15) is 4.79 Å². The number of benzene rings is 4. The summed E-state index contributed by atoms with van der Waals surface area (Å²) in [5.41, 5.74) is 4.75. The molecule has 1 aliphatic heterocycles. The molecule has 0 spiro atoms. The molecule has 0 atom stereocenters. The third-order valence-corrected chi connectivity index (χ3v) is 7.83. The van der Waals surface area contributed by atoms with Crippen LogP contribution in [0.3, 0.4) is 0 Å². The van der Waals surface area contributed by atoms with Crippen LogP contribution < -0.4 is 10.1 Å². The summed E-state index contributed by atoms with van der Waals surface area (Å²) in [6.07, 6.45) is 6.96. The Bertz CT molecular complexity index is 1310. The summed E-state index contributed by atoms with van der Waals surface area (Å²) in [7, 11) is 0. The van der Waals surface area contributed by atoms with Gasteiger partial charge in [-0.1, -0.05) is 85.3 Å². The van der Waals surface area contributed by atoms with E-state index in [1.165, 1.54) is 24.0 Å². The van der Waals surface area contributed by atoms with Crippen LogP contribution in [0.2, 0.25) is 0 Å². The third-order valence-electron chi connectivity index (χ3n) is 7.83. The first kappa shape index (κ1) is 27.7. The van der Waals surface area contributed by atoms with Crippen molar-refractivity contribution >= 4 is 11.6 Å². The summed E-state index contributed by atoms with van der Waals surface area (Å²) in [6.45, 7) is 3.41. The second-order valence-corrected chi connectivity index (χ2v) is 10.8. The average molecular weight is 533 g/mol. The van der Waals surface area contributed by atoms with Gasteiger partial charge < -0.3 is 15.0 Å². The number of hydrogen-bond donors (Lipinski definition) is 1. The predicted molar refractivity (Wildman–Crippen MR) is 164 cm³/mol. The fourth-order valence-electron chi connectivity index (χ4n) is 5.55. The zero-order valence-electron chi connectivity index (χ0n) is 23.3. The number of anilines is 1. The summed E-state index contributed by atoms with van der Waals surface area (Å²) in [6, 6.07) is 37.1. The molecule has 0 radical (unpaired) electrons. The van der Waals surface area contributed by atoms with Gasteiger partial charge in [0.25, 0.3) is 0 Å². The van der Waals surface area contributed by atoms with Crippen LogP contribution in [-0.2, 0) is 11.2 Å². The molecule has 4 heteroatoms. The van der Waals surface area contributed by atoms with Crippen molar-refractivity contribution in [3.63, 3.8) is 0 Å². The number of hydrogen-bond acceptors (Lipinski definition) is 3. The van der Waals surface area contributed by atoms with E-state index < -0.39 is 0 Å². The fraction of sp³-hybridized carbons (Fsp3) is 0.306. The Balaban J connectivity index is 0.972. The minimum Gasteiger partial charge on any atom is -0.457 e. The highest BCUT2D eigenvalue weighted by Gasteiger charge is 2.20. The molecule has 1 N–H and O–H groups in total. The lowest BCUT2D eigenvalue weighted by atomic mass is 9.89. The lowest BCUT2D eigenvalue weighted by molar-refractivity contribution is -0.116. The third kappa shape index (κ3) is 8.30. The Labute approximate surface area is 239 Å². The molecule has 4 aromatic rings. The summed E-state index contributed by atoms with van der Waals surface area (Å²) < 4.78 is 5.94. The number of piperidine rings is 1. The molecule has 4 nitrogen and oxygen atoms in total. The Morgan fingerprint density at radius 1 is 0.725 bits per heavy atom. The number of nitrogens with zero attached hydrogens (tertiary/aromatic N) is 1. The van der Waals surface area contributed by atoms with Gasteiger partial charge in [0.15, 0.2) is 0 Å². The molecular formula is C36H40N2O2.